The number of nitrogens with zero attached hydrogens (tertiary/aromatic N) is 5. The van der Waals surface area contributed by atoms with Gasteiger partial charge < -0.3 is 15.5 Å². The Morgan fingerprint density at radius 1 is 1.27 bits per heavy atom. The van der Waals surface area contributed by atoms with Gasteiger partial charge in [0.15, 0.2) is 0 Å². The van der Waals surface area contributed by atoms with E-state index < -0.39 is 0 Å². The number of thioether (sulfide) groups is 1. The summed E-state index contributed by atoms with van der Waals surface area (Å²) in [5, 5.41) is 3.22. The average Bonchev–Trinajstić information content (AvgIpc) is 3.17. The molecule has 0 spiro atoms. The van der Waals surface area contributed by atoms with E-state index in [1.165, 1.54) is 0 Å². The van der Waals surface area contributed by atoms with Crippen LogP contribution in [-0.4, -0.2) is 51.5 Å². The van der Waals surface area contributed by atoms with Gasteiger partial charge >= 0.3 is 0 Å². The number of hydrogen-bond acceptors (Lipinski definition) is 9. The summed E-state index contributed by atoms with van der Waals surface area (Å²) in [6, 6.07) is 3.64. The molecule has 0 amide bonds. The monoisotopic (exact) mass is 446 g/mol. The lowest BCUT2D eigenvalue weighted by molar-refractivity contribution is 0.397. The summed E-state index contributed by atoms with van der Waals surface area (Å²) >= 11 is 3.44. The lowest BCUT2D eigenvalue weighted by atomic mass is 10.1. The number of methoxy groups -OCH3 is 1. The van der Waals surface area contributed by atoms with Crippen LogP contribution in [0.5, 0.6) is 5.88 Å². The third-order valence-electron chi connectivity index (χ3n) is 4.31. The zero-order valence-corrected chi connectivity index (χ0v) is 19.0. The summed E-state index contributed by atoms with van der Waals surface area (Å²) in [4.78, 5) is 27.9. The Kier molecular flexibility index (Phi) is 7.83. The third kappa shape index (κ3) is 6.04. The van der Waals surface area contributed by atoms with Gasteiger partial charge in [-0.15, -0.1) is 11.3 Å². The van der Waals surface area contributed by atoms with Crippen molar-refractivity contribution in [1.82, 2.24) is 24.5 Å². The summed E-state index contributed by atoms with van der Waals surface area (Å²) < 4.78 is 6.21. The first-order valence-corrected chi connectivity index (χ1v) is 11.5. The highest BCUT2D eigenvalue weighted by molar-refractivity contribution is 7.98. The number of rotatable bonds is 10. The Bertz CT molecular complexity index is 1020. The molecule has 0 saturated carbocycles. The minimum atomic E-state index is -0.228. The Morgan fingerprint density at radius 3 is 2.80 bits per heavy atom. The van der Waals surface area contributed by atoms with Gasteiger partial charge in [0.1, 0.15) is 10.8 Å². The van der Waals surface area contributed by atoms with Crippen molar-refractivity contribution < 1.29 is 4.74 Å². The smallest absolute Gasteiger partial charge is 0.275 e. The summed E-state index contributed by atoms with van der Waals surface area (Å²) in [7, 11) is 5.64. The second-order valence-electron chi connectivity index (χ2n) is 7.03. The van der Waals surface area contributed by atoms with Crippen LogP contribution in [0.2, 0.25) is 0 Å². The Balaban J connectivity index is 1.53. The zero-order chi connectivity index (χ0) is 21.5. The number of nitrogens with two attached hydrogens (primary N) is 1. The highest BCUT2D eigenvalue weighted by Crippen LogP contribution is 2.17. The van der Waals surface area contributed by atoms with Crippen LogP contribution in [0, 0.1) is 0 Å². The molecule has 0 atom stereocenters. The first-order valence-electron chi connectivity index (χ1n) is 9.46. The van der Waals surface area contributed by atoms with Crippen LogP contribution >= 0.6 is 23.1 Å². The fourth-order valence-electron chi connectivity index (χ4n) is 2.80. The molecule has 10 heteroatoms. The largest absolute Gasteiger partial charge is 0.481 e. The van der Waals surface area contributed by atoms with Gasteiger partial charge in [0.2, 0.25) is 5.88 Å². The number of nitrogen functional groups attached to an aromatic ring is 1. The molecule has 0 fully saturated rings. The molecule has 3 rings (SSSR count). The maximum atomic E-state index is 12.6. The van der Waals surface area contributed by atoms with Gasteiger partial charge in [-0.2, -0.15) is 11.8 Å². The SMILES string of the molecule is COc1ccc(Cc2cnc(CCSCc3csc(CN(C)C)n3)n(N)c2=O)cn1. The van der Waals surface area contributed by atoms with Crippen LogP contribution in [0.25, 0.3) is 0 Å². The van der Waals surface area contributed by atoms with Gasteiger partial charge in [0.25, 0.3) is 5.56 Å². The number of ether oxygens (including phenoxy) is 1. The molecule has 0 aliphatic rings. The second kappa shape index (κ2) is 10.6. The van der Waals surface area contributed by atoms with Crippen LogP contribution in [0.15, 0.2) is 34.7 Å². The first kappa shape index (κ1) is 22.3. The first-order chi connectivity index (χ1) is 14.5. The van der Waals surface area contributed by atoms with Crippen LogP contribution < -0.4 is 16.1 Å². The van der Waals surface area contributed by atoms with E-state index >= 15 is 0 Å². The number of thiazole rings is 1. The Morgan fingerprint density at radius 2 is 2.10 bits per heavy atom. The van der Waals surface area contributed by atoms with Gasteiger partial charge in [-0.05, 0) is 19.7 Å². The molecule has 0 unspecified atom stereocenters. The van der Waals surface area contributed by atoms with Gasteiger partial charge in [0, 0.05) is 60.3 Å². The minimum Gasteiger partial charge on any atom is -0.481 e. The second-order valence-corrected chi connectivity index (χ2v) is 9.08. The minimum absolute atomic E-state index is 0.228. The normalized spacial score (nSPS) is 11.2. The third-order valence-corrected chi connectivity index (χ3v) is 6.19. The van der Waals surface area contributed by atoms with E-state index in [9.17, 15) is 4.79 Å². The molecule has 0 aromatic carbocycles. The van der Waals surface area contributed by atoms with Crippen LogP contribution in [0.4, 0.5) is 0 Å². The van der Waals surface area contributed by atoms with E-state index in [1.807, 2.05) is 20.2 Å². The molecule has 3 heterocycles. The Hall–Kier alpha value is -2.43. The number of aromatic nitrogens is 4. The van der Waals surface area contributed by atoms with Gasteiger partial charge in [0.05, 0.1) is 12.8 Å². The van der Waals surface area contributed by atoms with Gasteiger partial charge in [-0.3, -0.25) is 4.79 Å². The van der Waals surface area contributed by atoms with Crippen molar-refractivity contribution >= 4 is 23.1 Å². The van der Waals surface area contributed by atoms with Crippen LogP contribution in [-0.2, 0) is 25.1 Å². The van der Waals surface area contributed by atoms with Crippen molar-refractivity contribution in [3.63, 3.8) is 0 Å². The van der Waals surface area contributed by atoms with Crippen molar-refractivity contribution in [2.24, 2.45) is 0 Å². The molecule has 30 heavy (non-hydrogen) atoms. The van der Waals surface area contributed by atoms with E-state index in [1.54, 1.807) is 48.7 Å². The molecule has 0 aliphatic carbocycles. The van der Waals surface area contributed by atoms with E-state index in [0.717, 1.165) is 39.0 Å². The maximum Gasteiger partial charge on any atom is 0.275 e. The van der Waals surface area contributed by atoms with E-state index in [-0.39, 0.29) is 5.56 Å². The quantitative estimate of drug-likeness (QED) is 0.373. The van der Waals surface area contributed by atoms with Crippen molar-refractivity contribution in [3.8, 4) is 5.88 Å². The molecule has 160 valence electrons. The molecule has 0 bridgehead atoms. The molecule has 2 N–H and O–H groups in total. The highest BCUT2D eigenvalue weighted by atomic mass is 32.2. The molecule has 0 saturated heterocycles. The summed E-state index contributed by atoms with van der Waals surface area (Å²) in [6.07, 6.45) is 4.35. The van der Waals surface area contributed by atoms with Gasteiger partial charge in [-0.25, -0.2) is 19.6 Å². The van der Waals surface area contributed by atoms with Crippen molar-refractivity contribution in [1.29, 1.82) is 0 Å². The molecule has 3 aromatic heterocycles. The fourth-order valence-corrected chi connectivity index (χ4v) is 4.65. The predicted octanol–water partition coefficient (Wildman–Crippen LogP) is 1.95. The molecule has 3 aromatic rings. The van der Waals surface area contributed by atoms with Crippen molar-refractivity contribution in [2.75, 3.05) is 32.8 Å². The molecule has 8 nitrogen and oxygen atoms in total. The molecular weight excluding hydrogens is 420 g/mol. The summed E-state index contributed by atoms with van der Waals surface area (Å²) in [5.41, 5.74) is 2.30. The summed E-state index contributed by atoms with van der Waals surface area (Å²) in [5.74, 6) is 8.77. The van der Waals surface area contributed by atoms with E-state index in [4.69, 9.17) is 10.6 Å². The standard InChI is InChI=1S/C20H26N6O2S2/c1-25(2)11-19-24-16(13-30-19)12-29-7-6-17-22-10-15(20(27)26(17)21)8-14-4-5-18(28-3)23-9-14/h4-5,9-10,13H,6-8,11-12,21H2,1-3H3. The number of aryl methyl sites for hydroxylation is 1. The fraction of sp³-hybridized carbons (Fsp3) is 0.400. The lowest BCUT2D eigenvalue weighted by Gasteiger charge is -2.09. The lowest BCUT2D eigenvalue weighted by Crippen LogP contribution is -2.34. The topological polar surface area (TPSA) is 99.2 Å². The summed E-state index contributed by atoms with van der Waals surface area (Å²) in [6.45, 7) is 0.859. The van der Waals surface area contributed by atoms with Crippen LogP contribution in [0.1, 0.15) is 27.7 Å². The van der Waals surface area contributed by atoms with Gasteiger partial charge in [-0.1, -0.05) is 6.07 Å². The molecule has 0 radical (unpaired) electrons. The number of pyridine rings is 1. The Labute approximate surface area is 184 Å². The highest BCUT2D eigenvalue weighted by Gasteiger charge is 2.10. The zero-order valence-electron chi connectivity index (χ0n) is 17.4. The van der Waals surface area contributed by atoms with Crippen molar-refractivity contribution in [3.05, 3.63) is 67.9 Å². The van der Waals surface area contributed by atoms with E-state index in [2.05, 4.69) is 25.2 Å². The maximum absolute atomic E-state index is 12.6. The van der Waals surface area contributed by atoms with E-state index in [0.29, 0.717) is 30.1 Å². The van der Waals surface area contributed by atoms with Crippen LogP contribution in [0.3, 0.4) is 0 Å². The molecule has 0 aliphatic heterocycles. The number of hydrogen-bond donors (Lipinski definition) is 1. The predicted molar refractivity (Wildman–Crippen MR) is 122 cm³/mol. The van der Waals surface area contributed by atoms with Crippen molar-refractivity contribution in [2.45, 2.75) is 25.1 Å². The average molecular weight is 447 g/mol. The molecular formula is C20H26N6O2S2.